The zero-order valence-electron chi connectivity index (χ0n) is 13.8. The maximum atomic E-state index is 6.12. The second-order valence-electron chi connectivity index (χ2n) is 6.51. The summed E-state index contributed by atoms with van der Waals surface area (Å²) in [6, 6.07) is 8.27. The number of aromatic nitrogens is 1. The lowest BCUT2D eigenvalue weighted by atomic mass is 9.89. The number of benzene rings is 1. The molecule has 1 aromatic heterocycles. The number of oxazole rings is 1. The van der Waals surface area contributed by atoms with E-state index in [2.05, 4.69) is 58.8 Å². The van der Waals surface area contributed by atoms with Crippen LogP contribution >= 0.6 is 22.6 Å². The van der Waals surface area contributed by atoms with Crippen molar-refractivity contribution in [3.63, 3.8) is 0 Å². The fourth-order valence-corrected chi connectivity index (χ4v) is 3.91. The van der Waals surface area contributed by atoms with Crippen LogP contribution in [0.25, 0.3) is 11.5 Å². The van der Waals surface area contributed by atoms with Crippen molar-refractivity contribution in [3.8, 4) is 11.5 Å². The van der Waals surface area contributed by atoms with E-state index < -0.39 is 0 Å². The highest BCUT2D eigenvalue weighted by atomic mass is 127. The maximum Gasteiger partial charge on any atom is 0.226 e. The smallest absolute Gasteiger partial charge is 0.226 e. The number of ether oxygens (including phenoxy) is 1. The molecule has 1 saturated carbocycles. The first-order chi connectivity index (χ1) is 11.2. The van der Waals surface area contributed by atoms with E-state index in [0.717, 1.165) is 22.9 Å². The summed E-state index contributed by atoms with van der Waals surface area (Å²) in [4.78, 5) is 4.64. The molecule has 0 saturated heterocycles. The molecule has 0 aliphatic heterocycles. The van der Waals surface area contributed by atoms with Crippen LogP contribution in [-0.4, -0.2) is 15.5 Å². The van der Waals surface area contributed by atoms with Crippen molar-refractivity contribution in [3.05, 3.63) is 41.3 Å². The van der Waals surface area contributed by atoms with Crippen LogP contribution in [0.15, 0.2) is 28.7 Å². The number of rotatable bonds is 5. The van der Waals surface area contributed by atoms with Gasteiger partial charge in [0.05, 0.1) is 12.7 Å². The molecular weight excluding hydrogens is 401 g/mol. The summed E-state index contributed by atoms with van der Waals surface area (Å²) in [5, 5.41) is 0. The lowest BCUT2D eigenvalue weighted by Crippen LogP contribution is -2.23. The summed E-state index contributed by atoms with van der Waals surface area (Å²) in [6.07, 6.45) is 5.37. The van der Waals surface area contributed by atoms with E-state index >= 15 is 0 Å². The summed E-state index contributed by atoms with van der Waals surface area (Å²) in [6.45, 7) is 4.61. The van der Waals surface area contributed by atoms with E-state index in [1.165, 1.54) is 35.7 Å². The zero-order valence-corrected chi connectivity index (χ0v) is 16.0. The predicted octanol–water partition coefficient (Wildman–Crippen LogP) is 5.47. The van der Waals surface area contributed by atoms with Crippen molar-refractivity contribution in [2.45, 2.75) is 52.2 Å². The highest BCUT2D eigenvalue weighted by Gasteiger charge is 2.22. The second-order valence-corrected chi connectivity index (χ2v) is 7.39. The normalized spacial score (nSPS) is 21.5. The molecule has 1 aliphatic carbocycles. The highest BCUT2D eigenvalue weighted by Crippen LogP contribution is 2.29. The lowest BCUT2D eigenvalue weighted by Gasteiger charge is -2.27. The van der Waals surface area contributed by atoms with Gasteiger partial charge in [-0.3, -0.25) is 0 Å². The minimum atomic E-state index is 0.377. The van der Waals surface area contributed by atoms with E-state index in [9.17, 15) is 0 Å². The molecule has 1 fully saturated rings. The molecule has 0 unspecified atom stereocenters. The standard InChI is InChI=1S/C19H24INO2/c1-13-6-8-16(9-7-13)19-21-18(14(2)23-19)12-22-17-5-3-4-15(10-17)11-20/h6-9,15,17H,3-5,10-12H2,1-2H3/t15-,17+/m0/s1. The number of nitrogens with zero attached hydrogens (tertiary/aromatic N) is 1. The van der Waals surface area contributed by atoms with Crippen LogP contribution in [0, 0.1) is 19.8 Å². The van der Waals surface area contributed by atoms with Crippen LogP contribution in [0.4, 0.5) is 0 Å². The first-order valence-corrected chi connectivity index (χ1v) is 9.89. The summed E-state index contributed by atoms with van der Waals surface area (Å²) < 4.78 is 13.2. The molecule has 3 nitrogen and oxygen atoms in total. The number of hydrogen-bond donors (Lipinski definition) is 0. The van der Waals surface area contributed by atoms with E-state index in [0.29, 0.717) is 18.6 Å². The minimum absolute atomic E-state index is 0.377. The molecule has 0 amide bonds. The zero-order chi connectivity index (χ0) is 16.2. The quantitative estimate of drug-likeness (QED) is 0.471. The van der Waals surface area contributed by atoms with Crippen molar-refractivity contribution in [1.29, 1.82) is 0 Å². The predicted molar refractivity (Wildman–Crippen MR) is 101 cm³/mol. The summed E-state index contributed by atoms with van der Waals surface area (Å²) in [5.74, 6) is 2.37. The molecule has 1 aromatic carbocycles. The van der Waals surface area contributed by atoms with Gasteiger partial charge in [-0.15, -0.1) is 0 Å². The Morgan fingerprint density at radius 3 is 2.74 bits per heavy atom. The third kappa shape index (κ3) is 4.35. The van der Waals surface area contributed by atoms with Gasteiger partial charge in [-0.1, -0.05) is 46.7 Å². The van der Waals surface area contributed by atoms with Crippen LogP contribution < -0.4 is 0 Å². The summed E-state index contributed by atoms with van der Waals surface area (Å²) in [5.41, 5.74) is 3.19. The number of hydrogen-bond acceptors (Lipinski definition) is 3. The molecule has 1 aliphatic rings. The first kappa shape index (κ1) is 17.0. The summed E-state index contributed by atoms with van der Waals surface area (Å²) in [7, 11) is 0. The fourth-order valence-electron chi connectivity index (χ4n) is 3.11. The first-order valence-electron chi connectivity index (χ1n) is 8.36. The molecule has 23 heavy (non-hydrogen) atoms. The Hall–Kier alpha value is -0.880. The highest BCUT2D eigenvalue weighted by molar-refractivity contribution is 14.1. The van der Waals surface area contributed by atoms with Gasteiger partial charge in [0.15, 0.2) is 0 Å². The van der Waals surface area contributed by atoms with Crippen LogP contribution in [0.1, 0.15) is 42.7 Å². The molecule has 4 heteroatoms. The topological polar surface area (TPSA) is 35.3 Å². The van der Waals surface area contributed by atoms with Crippen molar-refractivity contribution < 1.29 is 9.15 Å². The Bertz CT molecular complexity index is 635. The molecule has 0 spiro atoms. The number of halogens is 1. The molecule has 2 atom stereocenters. The molecular formula is C19H24INO2. The Morgan fingerprint density at radius 1 is 1.22 bits per heavy atom. The van der Waals surface area contributed by atoms with Crippen molar-refractivity contribution >= 4 is 22.6 Å². The monoisotopic (exact) mass is 425 g/mol. The number of alkyl halides is 1. The third-order valence-corrected chi connectivity index (χ3v) is 5.85. The Balaban J connectivity index is 1.63. The van der Waals surface area contributed by atoms with Crippen LogP contribution in [0.2, 0.25) is 0 Å². The molecule has 0 bridgehead atoms. The third-order valence-electron chi connectivity index (χ3n) is 4.60. The molecule has 3 rings (SSSR count). The Labute approximate surface area is 152 Å². The van der Waals surface area contributed by atoms with Crippen molar-refractivity contribution in [2.24, 2.45) is 5.92 Å². The molecule has 0 radical (unpaired) electrons. The van der Waals surface area contributed by atoms with Gasteiger partial charge in [0.2, 0.25) is 5.89 Å². The Kier molecular flexibility index (Phi) is 5.75. The van der Waals surface area contributed by atoms with Gasteiger partial charge in [0, 0.05) is 9.99 Å². The van der Waals surface area contributed by atoms with Gasteiger partial charge in [-0.25, -0.2) is 4.98 Å². The van der Waals surface area contributed by atoms with E-state index in [1.54, 1.807) is 0 Å². The fraction of sp³-hybridized carbons (Fsp3) is 0.526. The lowest BCUT2D eigenvalue weighted by molar-refractivity contribution is 0.00384. The van der Waals surface area contributed by atoms with Crippen molar-refractivity contribution in [2.75, 3.05) is 4.43 Å². The van der Waals surface area contributed by atoms with Gasteiger partial charge in [-0.2, -0.15) is 0 Å². The average Bonchev–Trinajstić information content (AvgIpc) is 2.95. The van der Waals surface area contributed by atoms with Gasteiger partial charge in [0.25, 0.3) is 0 Å². The van der Waals surface area contributed by atoms with Gasteiger partial charge in [0.1, 0.15) is 11.5 Å². The van der Waals surface area contributed by atoms with Crippen LogP contribution in [0.5, 0.6) is 0 Å². The van der Waals surface area contributed by atoms with E-state index in [-0.39, 0.29) is 0 Å². The maximum absolute atomic E-state index is 6.12. The van der Waals surface area contributed by atoms with E-state index in [4.69, 9.17) is 9.15 Å². The SMILES string of the molecule is Cc1ccc(-c2nc(CO[C@@H]3CCC[C@H](CI)C3)c(C)o2)cc1. The van der Waals surface area contributed by atoms with Gasteiger partial charge in [-0.05, 0) is 51.2 Å². The molecule has 2 aromatic rings. The van der Waals surface area contributed by atoms with Gasteiger partial charge >= 0.3 is 0 Å². The van der Waals surface area contributed by atoms with Crippen LogP contribution in [0.3, 0.4) is 0 Å². The Morgan fingerprint density at radius 2 is 2.00 bits per heavy atom. The second kappa shape index (κ2) is 7.79. The van der Waals surface area contributed by atoms with Crippen molar-refractivity contribution in [1.82, 2.24) is 4.98 Å². The number of aryl methyl sites for hydroxylation is 2. The minimum Gasteiger partial charge on any atom is -0.441 e. The van der Waals surface area contributed by atoms with Crippen LogP contribution in [-0.2, 0) is 11.3 Å². The van der Waals surface area contributed by atoms with E-state index in [1.807, 2.05) is 6.92 Å². The molecule has 124 valence electrons. The van der Waals surface area contributed by atoms with Gasteiger partial charge < -0.3 is 9.15 Å². The largest absolute Gasteiger partial charge is 0.441 e. The summed E-state index contributed by atoms with van der Waals surface area (Å²) >= 11 is 2.49. The average molecular weight is 425 g/mol. The molecule has 0 N–H and O–H groups in total. The molecule has 1 heterocycles.